The highest BCUT2D eigenvalue weighted by molar-refractivity contribution is 6.31. The van der Waals surface area contributed by atoms with E-state index in [4.69, 9.17) is 22.3 Å². The molecule has 4 aromatic rings. The Hall–Kier alpha value is -4.65. The second-order valence-electron chi connectivity index (χ2n) is 10.9. The number of amides is 1. The van der Waals surface area contributed by atoms with E-state index in [0.29, 0.717) is 39.5 Å². The van der Waals surface area contributed by atoms with Gasteiger partial charge in [-0.3, -0.25) is 15.1 Å². The van der Waals surface area contributed by atoms with E-state index in [2.05, 4.69) is 25.6 Å². The summed E-state index contributed by atoms with van der Waals surface area (Å²) in [5.41, 5.74) is 8.31. The second-order valence-corrected chi connectivity index (χ2v) is 11.3. The zero-order valence-electron chi connectivity index (χ0n) is 24.1. The smallest absolute Gasteiger partial charge is 0.331 e. The molecule has 2 heterocycles. The lowest BCUT2D eigenvalue weighted by atomic mass is 9.95. The molecule has 9 nitrogen and oxygen atoms in total. The molecule has 3 aromatic carbocycles. The zero-order chi connectivity index (χ0) is 31.7. The molecule has 0 saturated heterocycles. The minimum atomic E-state index is -0.749. The van der Waals surface area contributed by atoms with Crippen LogP contribution in [0.25, 0.3) is 11.3 Å². The van der Waals surface area contributed by atoms with Crippen LogP contribution in [-0.4, -0.2) is 40.6 Å². The Labute approximate surface area is 261 Å². The van der Waals surface area contributed by atoms with E-state index in [1.807, 2.05) is 7.05 Å². The summed E-state index contributed by atoms with van der Waals surface area (Å²) in [4.78, 5) is 30.2. The fraction of sp³-hybridized carbons (Fsp3) is 0.219. The monoisotopic (exact) mass is 633 g/mol. The number of rotatable bonds is 6. The molecule has 1 aliphatic heterocycles. The predicted molar refractivity (Wildman–Crippen MR) is 165 cm³/mol. The van der Waals surface area contributed by atoms with Gasteiger partial charge in [0.05, 0.1) is 23.5 Å². The first-order chi connectivity index (χ1) is 21.7. The quantitative estimate of drug-likeness (QED) is 0.141. The summed E-state index contributed by atoms with van der Waals surface area (Å²) < 4.78 is 44.7. The van der Waals surface area contributed by atoms with Crippen LogP contribution in [0.3, 0.4) is 0 Å². The fourth-order valence-corrected chi connectivity index (χ4v) is 5.84. The summed E-state index contributed by atoms with van der Waals surface area (Å²) in [7, 11) is 1.86. The number of hydrogen-bond acceptors (Lipinski definition) is 6. The first-order valence-corrected chi connectivity index (χ1v) is 14.7. The van der Waals surface area contributed by atoms with Gasteiger partial charge in [0.25, 0.3) is 0 Å². The van der Waals surface area contributed by atoms with E-state index in [1.54, 1.807) is 35.8 Å². The number of benzene rings is 3. The molecule has 2 atom stereocenters. The van der Waals surface area contributed by atoms with E-state index in [9.17, 15) is 13.6 Å². The van der Waals surface area contributed by atoms with Crippen LogP contribution in [0.1, 0.15) is 36.0 Å². The van der Waals surface area contributed by atoms with E-state index in [1.165, 1.54) is 30.3 Å². The van der Waals surface area contributed by atoms with Crippen molar-refractivity contribution in [3.8, 4) is 11.3 Å². The number of aliphatic imine (C=N–C) groups is 2. The third kappa shape index (κ3) is 6.44. The molecular formula is C32H29ClF3N8O+. The molecule has 0 radical (unpaired) electrons. The van der Waals surface area contributed by atoms with Gasteiger partial charge in [-0.2, -0.15) is 9.97 Å². The van der Waals surface area contributed by atoms with Crippen LogP contribution in [0.2, 0.25) is 5.02 Å². The number of hydrogen-bond donors (Lipinski definition) is 4. The fourth-order valence-electron chi connectivity index (χ4n) is 5.67. The molecule has 1 aliphatic carbocycles. The summed E-state index contributed by atoms with van der Waals surface area (Å²) in [5.74, 6) is -2.48. The van der Waals surface area contributed by atoms with Gasteiger partial charge in [-0.15, -0.1) is 0 Å². The van der Waals surface area contributed by atoms with Gasteiger partial charge in [-0.1, -0.05) is 23.7 Å². The minimum absolute atomic E-state index is 0.0387. The lowest BCUT2D eigenvalue weighted by Crippen LogP contribution is -2.72. The minimum Gasteiger partial charge on any atom is -0.369 e. The molecule has 0 spiro atoms. The largest absolute Gasteiger partial charge is 0.369 e. The summed E-state index contributed by atoms with van der Waals surface area (Å²) >= 11 is 6.30. The Morgan fingerprint density at radius 2 is 1.84 bits per heavy atom. The van der Waals surface area contributed by atoms with Crippen LogP contribution in [0, 0.1) is 23.4 Å². The number of carbonyl (C=O) groups is 1. The van der Waals surface area contributed by atoms with Crippen molar-refractivity contribution in [2.24, 2.45) is 21.6 Å². The van der Waals surface area contributed by atoms with Gasteiger partial charge in [-0.25, -0.2) is 23.5 Å². The number of aromatic nitrogens is 2. The molecular weight excluding hydrogens is 605 g/mol. The van der Waals surface area contributed by atoms with Gasteiger partial charge < -0.3 is 11.1 Å². The van der Waals surface area contributed by atoms with Crippen LogP contribution < -0.4 is 21.7 Å². The maximum Gasteiger partial charge on any atom is 0.331 e. The maximum atomic E-state index is 15.0. The first-order valence-electron chi connectivity index (χ1n) is 14.3. The molecule has 6 N–H and O–H groups in total. The van der Waals surface area contributed by atoms with Crippen molar-refractivity contribution in [2.45, 2.75) is 31.8 Å². The van der Waals surface area contributed by atoms with Gasteiger partial charge in [0.15, 0.2) is 5.82 Å². The van der Waals surface area contributed by atoms with Crippen LogP contribution >= 0.6 is 11.6 Å². The SMILES string of the molecule is CNC1CCC(C(=O)NC(N)=Nc2ccc([NH2+]c3ncc4c(n3)-c3ccc(Cl)cc3C(c3c(F)cccc3F)=NC4)cc2F)C1. The third-order valence-electron chi connectivity index (χ3n) is 7.95. The van der Waals surface area contributed by atoms with E-state index < -0.39 is 17.5 Å². The Balaban J connectivity index is 1.23. The Morgan fingerprint density at radius 1 is 1.04 bits per heavy atom. The van der Waals surface area contributed by atoms with E-state index in [0.717, 1.165) is 12.8 Å². The summed E-state index contributed by atoms with van der Waals surface area (Å²) in [6.07, 6.45) is 3.93. The number of guanidine groups is 1. The second kappa shape index (κ2) is 12.8. The van der Waals surface area contributed by atoms with Crippen molar-refractivity contribution in [1.82, 2.24) is 20.6 Å². The van der Waals surface area contributed by atoms with Crippen molar-refractivity contribution in [3.63, 3.8) is 0 Å². The number of nitrogens with two attached hydrogens (primary N) is 2. The topological polar surface area (TPSA) is 134 Å². The molecule has 2 unspecified atom stereocenters. The normalized spacial score (nSPS) is 17.7. The van der Waals surface area contributed by atoms with Gasteiger partial charge in [-0.05, 0) is 56.6 Å². The Morgan fingerprint density at radius 3 is 2.58 bits per heavy atom. The standard InChI is InChI=1S/C32H28ClF3N8O/c1-38-19-7-5-16(11-19)30(45)44-31(37)42-26-10-8-20(13-25(26)36)41-32-40-15-17-14-39-29(27-23(34)3-2-4-24(27)35)22-12-18(33)6-9-21(22)28(17)43-32/h2-4,6,8-10,12-13,15-16,19,38H,5,7,11,14H2,1H3,(H,40,41,43)(H3,37,42,44,45)/p+1. The number of fused-ring (bicyclic) bond motifs is 3. The molecule has 0 bridgehead atoms. The lowest BCUT2D eigenvalue weighted by Gasteiger charge is -2.12. The number of halogens is 4. The van der Waals surface area contributed by atoms with Crippen LogP contribution in [-0.2, 0) is 11.3 Å². The van der Waals surface area contributed by atoms with Crippen molar-refractivity contribution in [2.75, 3.05) is 7.05 Å². The highest BCUT2D eigenvalue weighted by atomic mass is 35.5. The van der Waals surface area contributed by atoms with E-state index >= 15 is 4.39 Å². The van der Waals surface area contributed by atoms with Gasteiger partial charge in [0.2, 0.25) is 11.9 Å². The molecule has 45 heavy (non-hydrogen) atoms. The Bertz CT molecular complexity index is 1840. The summed E-state index contributed by atoms with van der Waals surface area (Å²) in [6, 6.07) is 13.2. The van der Waals surface area contributed by atoms with Crippen LogP contribution in [0.5, 0.6) is 0 Å². The van der Waals surface area contributed by atoms with E-state index in [-0.39, 0.29) is 53.3 Å². The maximum absolute atomic E-state index is 15.0. The predicted octanol–water partition coefficient (Wildman–Crippen LogP) is 4.54. The van der Waals surface area contributed by atoms with Crippen molar-refractivity contribution < 1.29 is 23.3 Å². The number of quaternary nitrogens is 1. The van der Waals surface area contributed by atoms with Crippen LogP contribution in [0.15, 0.2) is 70.8 Å². The van der Waals surface area contributed by atoms with Crippen LogP contribution in [0.4, 0.5) is 30.5 Å². The molecule has 13 heteroatoms. The zero-order valence-corrected chi connectivity index (χ0v) is 24.9. The van der Waals surface area contributed by atoms with Crippen molar-refractivity contribution >= 4 is 46.5 Å². The summed E-state index contributed by atoms with van der Waals surface area (Å²) in [5, 5.41) is 7.68. The average molecular weight is 634 g/mol. The molecule has 2 aliphatic rings. The van der Waals surface area contributed by atoms with Gasteiger partial charge >= 0.3 is 5.95 Å². The molecule has 1 amide bonds. The molecule has 230 valence electrons. The Kier molecular flexibility index (Phi) is 8.61. The number of nitrogens with zero attached hydrogens (tertiary/aromatic N) is 4. The third-order valence-corrected chi connectivity index (χ3v) is 8.19. The molecule has 1 fully saturated rings. The lowest BCUT2D eigenvalue weighted by molar-refractivity contribution is -0.487. The highest BCUT2D eigenvalue weighted by Gasteiger charge is 2.29. The highest BCUT2D eigenvalue weighted by Crippen LogP contribution is 2.34. The first kappa shape index (κ1) is 30.4. The molecule has 1 saturated carbocycles. The van der Waals surface area contributed by atoms with Gasteiger partial charge in [0.1, 0.15) is 23.0 Å². The average Bonchev–Trinajstić information content (AvgIpc) is 3.45. The van der Waals surface area contributed by atoms with Crippen molar-refractivity contribution in [1.29, 1.82) is 0 Å². The number of nitrogens with one attached hydrogen (secondary N) is 2. The van der Waals surface area contributed by atoms with Crippen molar-refractivity contribution in [3.05, 3.63) is 100.0 Å². The summed E-state index contributed by atoms with van der Waals surface area (Å²) in [6.45, 7) is 0.0706. The molecule has 6 rings (SSSR count). The number of carbonyl (C=O) groups excluding carboxylic acids is 1. The van der Waals surface area contributed by atoms with Gasteiger partial charge in [0, 0.05) is 52.0 Å². The molecule has 1 aromatic heterocycles.